The summed E-state index contributed by atoms with van der Waals surface area (Å²) in [4.78, 5) is 10.8. The maximum Gasteiger partial charge on any atom is 0.303 e. The van der Waals surface area contributed by atoms with E-state index in [2.05, 4.69) is 5.16 Å². The maximum atomic E-state index is 10.8. The third-order valence-corrected chi connectivity index (χ3v) is 2.99. The molecule has 1 aliphatic carbocycles. The van der Waals surface area contributed by atoms with Crippen molar-refractivity contribution in [2.24, 2.45) is 5.16 Å². The molecule has 1 atom stereocenters. The number of oxime groups is 1. The zero-order valence-corrected chi connectivity index (χ0v) is 9.38. The average Bonchev–Trinajstić information content (AvgIpc) is 2.66. The SMILES string of the molecule is COc1ccc2c(c1)/C(=N\O)CC2CC(=O)O. The molecule has 0 aliphatic heterocycles. The number of methoxy groups -OCH3 is 1. The second kappa shape index (κ2) is 4.45. The van der Waals surface area contributed by atoms with Gasteiger partial charge in [-0.05, 0) is 17.7 Å². The standard InChI is InChI=1S/C12H13NO4/c1-17-8-2-3-9-7(5-12(14)15)4-11(13-16)10(9)6-8/h2-3,6-7,16H,4-5H2,1H3,(H,14,15)/b13-11-. The van der Waals surface area contributed by atoms with Crippen molar-refractivity contribution in [1.82, 2.24) is 0 Å². The van der Waals surface area contributed by atoms with E-state index < -0.39 is 5.97 Å². The zero-order valence-electron chi connectivity index (χ0n) is 9.38. The topological polar surface area (TPSA) is 79.1 Å². The van der Waals surface area contributed by atoms with Crippen LogP contribution in [0.4, 0.5) is 0 Å². The molecule has 0 saturated heterocycles. The van der Waals surface area contributed by atoms with Crippen LogP contribution in [-0.4, -0.2) is 29.1 Å². The molecule has 17 heavy (non-hydrogen) atoms. The number of aliphatic carboxylic acids is 1. The summed E-state index contributed by atoms with van der Waals surface area (Å²) >= 11 is 0. The first-order valence-electron chi connectivity index (χ1n) is 5.26. The van der Waals surface area contributed by atoms with Crippen molar-refractivity contribution in [2.75, 3.05) is 7.11 Å². The fraction of sp³-hybridized carbons (Fsp3) is 0.333. The van der Waals surface area contributed by atoms with Crippen LogP contribution in [0.3, 0.4) is 0 Å². The third-order valence-electron chi connectivity index (χ3n) is 2.99. The van der Waals surface area contributed by atoms with Gasteiger partial charge in [-0.15, -0.1) is 0 Å². The predicted molar refractivity (Wildman–Crippen MR) is 60.9 cm³/mol. The van der Waals surface area contributed by atoms with E-state index in [4.69, 9.17) is 15.1 Å². The minimum atomic E-state index is -0.851. The van der Waals surface area contributed by atoms with Gasteiger partial charge >= 0.3 is 5.97 Å². The molecule has 1 unspecified atom stereocenters. The molecular formula is C12H13NO4. The van der Waals surface area contributed by atoms with Crippen LogP contribution in [0.5, 0.6) is 5.75 Å². The van der Waals surface area contributed by atoms with Crippen molar-refractivity contribution in [1.29, 1.82) is 0 Å². The number of rotatable bonds is 3. The minimum Gasteiger partial charge on any atom is -0.497 e. The highest BCUT2D eigenvalue weighted by molar-refractivity contribution is 6.05. The summed E-state index contributed by atoms with van der Waals surface area (Å²) in [5.74, 6) is -0.309. The number of benzene rings is 1. The smallest absolute Gasteiger partial charge is 0.303 e. The Labute approximate surface area is 98.3 Å². The lowest BCUT2D eigenvalue weighted by Crippen LogP contribution is -2.03. The van der Waals surface area contributed by atoms with Crippen molar-refractivity contribution in [3.63, 3.8) is 0 Å². The predicted octanol–water partition coefficient (Wildman–Crippen LogP) is 1.84. The van der Waals surface area contributed by atoms with E-state index in [0.717, 1.165) is 11.1 Å². The first-order chi connectivity index (χ1) is 8.15. The second-order valence-corrected chi connectivity index (χ2v) is 4.00. The lowest BCUT2D eigenvalue weighted by molar-refractivity contribution is -0.137. The molecular weight excluding hydrogens is 222 g/mol. The molecule has 5 nitrogen and oxygen atoms in total. The van der Waals surface area contributed by atoms with Gasteiger partial charge in [-0.3, -0.25) is 4.79 Å². The summed E-state index contributed by atoms with van der Waals surface area (Å²) in [7, 11) is 1.56. The lowest BCUT2D eigenvalue weighted by Gasteiger charge is -2.08. The van der Waals surface area contributed by atoms with Crippen LogP contribution >= 0.6 is 0 Å². The molecule has 0 fully saturated rings. The number of hydrogen-bond acceptors (Lipinski definition) is 4. The van der Waals surface area contributed by atoms with E-state index in [1.807, 2.05) is 6.07 Å². The molecule has 0 bridgehead atoms. The van der Waals surface area contributed by atoms with Crippen LogP contribution in [0.2, 0.25) is 0 Å². The minimum absolute atomic E-state index is 0.0400. The molecule has 1 aromatic carbocycles. The van der Waals surface area contributed by atoms with E-state index in [-0.39, 0.29) is 12.3 Å². The van der Waals surface area contributed by atoms with Gasteiger partial charge < -0.3 is 15.1 Å². The molecule has 2 N–H and O–H groups in total. The van der Waals surface area contributed by atoms with Crippen LogP contribution < -0.4 is 4.74 Å². The van der Waals surface area contributed by atoms with Crippen molar-refractivity contribution < 1.29 is 19.8 Å². The number of nitrogens with zero attached hydrogens (tertiary/aromatic N) is 1. The largest absolute Gasteiger partial charge is 0.497 e. The quantitative estimate of drug-likeness (QED) is 0.618. The zero-order chi connectivity index (χ0) is 12.4. The summed E-state index contributed by atoms with van der Waals surface area (Å²) in [5.41, 5.74) is 2.20. The molecule has 0 spiro atoms. The molecule has 0 amide bonds. The number of fused-ring (bicyclic) bond motifs is 1. The van der Waals surface area contributed by atoms with E-state index >= 15 is 0 Å². The summed E-state index contributed by atoms with van der Waals surface area (Å²) in [6, 6.07) is 5.39. The molecule has 5 heteroatoms. The molecule has 0 aromatic heterocycles. The van der Waals surface area contributed by atoms with E-state index in [9.17, 15) is 4.79 Å². The molecule has 1 aliphatic rings. The number of ether oxygens (including phenoxy) is 1. The Kier molecular flexibility index (Phi) is 2.99. The van der Waals surface area contributed by atoms with Gasteiger partial charge in [-0.1, -0.05) is 11.2 Å². The van der Waals surface area contributed by atoms with Crippen molar-refractivity contribution in [3.05, 3.63) is 29.3 Å². The summed E-state index contributed by atoms with van der Waals surface area (Å²) in [6.07, 6.45) is 0.490. The highest BCUT2D eigenvalue weighted by Crippen LogP contribution is 2.37. The van der Waals surface area contributed by atoms with Crippen LogP contribution in [0, 0.1) is 0 Å². The molecule has 0 saturated carbocycles. The molecule has 90 valence electrons. The van der Waals surface area contributed by atoms with E-state index in [0.29, 0.717) is 17.9 Å². The molecule has 2 rings (SSSR count). The number of carbonyl (C=O) groups is 1. The first-order valence-corrected chi connectivity index (χ1v) is 5.26. The van der Waals surface area contributed by atoms with Gasteiger partial charge in [0.05, 0.1) is 19.2 Å². The van der Waals surface area contributed by atoms with Gasteiger partial charge in [-0.25, -0.2) is 0 Å². The summed E-state index contributed by atoms with van der Waals surface area (Å²) < 4.78 is 5.10. The van der Waals surface area contributed by atoms with Crippen LogP contribution in [0.1, 0.15) is 29.9 Å². The second-order valence-electron chi connectivity index (χ2n) is 4.00. The fourth-order valence-corrected chi connectivity index (χ4v) is 2.21. The van der Waals surface area contributed by atoms with Gasteiger partial charge in [0.1, 0.15) is 5.75 Å². The monoisotopic (exact) mass is 235 g/mol. The third kappa shape index (κ3) is 2.08. The maximum absolute atomic E-state index is 10.8. The summed E-state index contributed by atoms with van der Waals surface area (Å²) in [6.45, 7) is 0. The Balaban J connectivity index is 2.41. The Bertz CT molecular complexity index is 481. The van der Waals surface area contributed by atoms with Crippen LogP contribution in [0.25, 0.3) is 0 Å². The number of hydrogen-bond donors (Lipinski definition) is 2. The number of carboxylic acids is 1. The Hall–Kier alpha value is -2.04. The number of carboxylic acid groups (broad SMARTS) is 1. The highest BCUT2D eigenvalue weighted by atomic mass is 16.5. The Morgan fingerprint density at radius 3 is 2.94 bits per heavy atom. The van der Waals surface area contributed by atoms with Gasteiger partial charge in [0.25, 0.3) is 0 Å². The molecule has 0 heterocycles. The highest BCUT2D eigenvalue weighted by Gasteiger charge is 2.30. The Morgan fingerprint density at radius 1 is 1.59 bits per heavy atom. The molecule has 0 radical (unpaired) electrons. The van der Waals surface area contributed by atoms with Crippen molar-refractivity contribution in [2.45, 2.75) is 18.8 Å². The Morgan fingerprint density at radius 2 is 2.35 bits per heavy atom. The fourth-order valence-electron chi connectivity index (χ4n) is 2.21. The average molecular weight is 235 g/mol. The van der Waals surface area contributed by atoms with E-state index in [1.54, 1.807) is 19.2 Å². The van der Waals surface area contributed by atoms with Crippen LogP contribution in [0.15, 0.2) is 23.4 Å². The van der Waals surface area contributed by atoms with Crippen molar-refractivity contribution >= 4 is 11.7 Å². The van der Waals surface area contributed by atoms with Gasteiger partial charge in [0.15, 0.2) is 0 Å². The van der Waals surface area contributed by atoms with Gasteiger partial charge in [0, 0.05) is 17.9 Å². The summed E-state index contributed by atoms with van der Waals surface area (Å²) in [5, 5.41) is 21.0. The lowest BCUT2D eigenvalue weighted by atomic mass is 9.98. The first kappa shape index (κ1) is 11.4. The molecule has 1 aromatic rings. The van der Waals surface area contributed by atoms with Gasteiger partial charge in [-0.2, -0.15) is 0 Å². The van der Waals surface area contributed by atoms with Gasteiger partial charge in [0.2, 0.25) is 0 Å². The normalized spacial score (nSPS) is 20.3. The van der Waals surface area contributed by atoms with Crippen molar-refractivity contribution in [3.8, 4) is 5.75 Å². The van der Waals surface area contributed by atoms with Crippen LogP contribution in [-0.2, 0) is 4.79 Å². The van der Waals surface area contributed by atoms with E-state index in [1.165, 1.54) is 0 Å².